The van der Waals surface area contributed by atoms with Crippen LogP contribution in [0.3, 0.4) is 0 Å². The van der Waals surface area contributed by atoms with Gasteiger partial charge in [-0.3, -0.25) is 0 Å². The number of ether oxygens (including phenoxy) is 1. The average Bonchev–Trinajstić information content (AvgIpc) is 2.64. The summed E-state index contributed by atoms with van der Waals surface area (Å²) in [5.41, 5.74) is 1.11. The summed E-state index contributed by atoms with van der Waals surface area (Å²) in [5, 5.41) is 5.90. The van der Waals surface area contributed by atoms with Crippen LogP contribution in [0.1, 0.15) is 24.8 Å². The molecule has 2 aromatic rings. The summed E-state index contributed by atoms with van der Waals surface area (Å²) in [5.74, 6) is 1.00. The van der Waals surface area contributed by atoms with E-state index in [0.717, 1.165) is 18.5 Å². The second-order valence-corrected chi connectivity index (χ2v) is 8.07. The number of hydrogen-bond acceptors (Lipinski definition) is 3. The molecule has 2 aromatic carbocycles. The molecular formula is C21H25FN2O2S. The van der Waals surface area contributed by atoms with Crippen molar-refractivity contribution in [1.82, 2.24) is 10.6 Å². The Bertz CT molecular complexity index is 740. The van der Waals surface area contributed by atoms with E-state index in [0.29, 0.717) is 18.0 Å². The molecule has 144 valence electrons. The van der Waals surface area contributed by atoms with Crippen LogP contribution in [0, 0.1) is 5.82 Å². The summed E-state index contributed by atoms with van der Waals surface area (Å²) < 4.78 is 18.8. The number of nitrogens with one attached hydrogen (secondary N) is 2. The van der Waals surface area contributed by atoms with E-state index in [9.17, 15) is 9.18 Å². The standard InChI is InChI=1S/C21H25FN2O2S/c1-27-21(12-2-13-21)15-24-20(25)23-14-11-16-3-7-18(8-4-16)26-19-9-5-17(22)6-10-19/h3-10H,2,11-15H2,1H3,(H2,23,24,25). The average molecular weight is 389 g/mol. The van der Waals surface area contributed by atoms with Crippen LogP contribution >= 0.6 is 11.8 Å². The van der Waals surface area contributed by atoms with Crippen LogP contribution in [-0.2, 0) is 6.42 Å². The largest absolute Gasteiger partial charge is 0.457 e. The highest BCUT2D eigenvalue weighted by atomic mass is 32.2. The van der Waals surface area contributed by atoms with Crippen molar-refractivity contribution >= 4 is 17.8 Å². The molecule has 4 nitrogen and oxygen atoms in total. The number of hydrogen-bond donors (Lipinski definition) is 2. The normalized spacial score (nSPS) is 14.9. The third kappa shape index (κ3) is 5.63. The lowest BCUT2D eigenvalue weighted by Crippen LogP contribution is -2.48. The fraction of sp³-hybridized carbons (Fsp3) is 0.381. The lowest BCUT2D eigenvalue weighted by Gasteiger charge is -2.40. The second-order valence-electron chi connectivity index (χ2n) is 6.80. The molecule has 0 bridgehead atoms. The molecule has 0 radical (unpaired) electrons. The van der Waals surface area contributed by atoms with Gasteiger partial charge in [-0.25, -0.2) is 9.18 Å². The number of halogens is 1. The van der Waals surface area contributed by atoms with E-state index < -0.39 is 0 Å². The van der Waals surface area contributed by atoms with Crippen molar-refractivity contribution in [2.75, 3.05) is 19.3 Å². The highest BCUT2D eigenvalue weighted by Gasteiger charge is 2.36. The number of urea groups is 1. The van der Waals surface area contributed by atoms with E-state index >= 15 is 0 Å². The molecule has 27 heavy (non-hydrogen) atoms. The summed E-state index contributed by atoms with van der Waals surface area (Å²) in [7, 11) is 0. The number of rotatable bonds is 8. The van der Waals surface area contributed by atoms with E-state index in [1.54, 1.807) is 12.1 Å². The van der Waals surface area contributed by atoms with Gasteiger partial charge in [-0.2, -0.15) is 11.8 Å². The van der Waals surface area contributed by atoms with Gasteiger partial charge in [0.15, 0.2) is 0 Å². The Morgan fingerprint density at radius 1 is 1.07 bits per heavy atom. The summed E-state index contributed by atoms with van der Waals surface area (Å²) in [6, 6.07) is 13.5. The van der Waals surface area contributed by atoms with E-state index in [1.165, 1.54) is 31.4 Å². The Kier molecular flexibility index (Phi) is 6.61. The van der Waals surface area contributed by atoms with Crippen LogP contribution in [0.4, 0.5) is 9.18 Å². The Labute approximate surface area is 163 Å². The van der Waals surface area contributed by atoms with Crippen molar-refractivity contribution in [1.29, 1.82) is 0 Å². The Morgan fingerprint density at radius 2 is 1.70 bits per heavy atom. The topological polar surface area (TPSA) is 50.4 Å². The molecule has 0 unspecified atom stereocenters. The molecule has 0 heterocycles. The summed E-state index contributed by atoms with van der Waals surface area (Å²) in [6.07, 6.45) is 6.48. The van der Waals surface area contributed by atoms with E-state index in [-0.39, 0.29) is 16.6 Å². The number of carbonyl (C=O) groups excluding carboxylic acids is 1. The number of amides is 2. The number of carbonyl (C=O) groups is 1. The van der Waals surface area contributed by atoms with Crippen LogP contribution in [0.2, 0.25) is 0 Å². The molecule has 0 saturated heterocycles. The molecule has 2 N–H and O–H groups in total. The molecule has 0 spiro atoms. The monoisotopic (exact) mass is 388 g/mol. The summed E-state index contributed by atoms with van der Waals surface area (Å²) >= 11 is 1.85. The van der Waals surface area contributed by atoms with E-state index in [2.05, 4.69) is 16.9 Å². The van der Waals surface area contributed by atoms with Crippen LogP contribution in [0.25, 0.3) is 0 Å². The summed E-state index contributed by atoms with van der Waals surface area (Å²) in [4.78, 5) is 11.9. The molecule has 1 aliphatic rings. The second kappa shape index (κ2) is 9.13. The van der Waals surface area contributed by atoms with Gasteiger partial charge < -0.3 is 15.4 Å². The maximum absolute atomic E-state index is 12.9. The molecule has 1 fully saturated rings. The first-order valence-corrected chi connectivity index (χ1v) is 10.4. The SMILES string of the molecule is CSC1(CNC(=O)NCCc2ccc(Oc3ccc(F)cc3)cc2)CCC1. The van der Waals surface area contributed by atoms with Gasteiger partial charge >= 0.3 is 6.03 Å². The molecule has 1 saturated carbocycles. The molecule has 0 atom stereocenters. The molecular weight excluding hydrogens is 363 g/mol. The third-order valence-electron chi connectivity index (χ3n) is 4.94. The first-order valence-electron chi connectivity index (χ1n) is 9.18. The summed E-state index contributed by atoms with van der Waals surface area (Å²) in [6.45, 7) is 1.31. The molecule has 1 aliphatic carbocycles. The Morgan fingerprint density at radius 3 is 2.26 bits per heavy atom. The maximum Gasteiger partial charge on any atom is 0.314 e. The lowest BCUT2D eigenvalue weighted by atomic mass is 9.84. The zero-order chi connectivity index (χ0) is 19.1. The van der Waals surface area contributed by atoms with Crippen molar-refractivity contribution in [3.05, 3.63) is 59.9 Å². The number of thioether (sulfide) groups is 1. The van der Waals surface area contributed by atoms with Gasteiger partial charge in [0.05, 0.1) is 0 Å². The van der Waals surface area contributed by atoms with Gasteiger partial charge in [0.1, 0.15) is 17.3 Å². The van der Waals surface area contributed by atoms with Crippen LogP contribution < -0.4 is 15.4 Å². The number of benzene rings is 2. The van der Waals surface area contributed by atoms with Gasteiger partial charge in [0.25, 0.3) is 0 Å². The Hall–Kier alpha value is -2.21. The van der Waals surface area contributed by atoms with Gasteiger partial charge in [-0.1, -0.05) is 18.6 Å². The van der Waals surface area contributed by atoms with Crippen molar-refractivity contribution in [3.8, 4) is 11.5 Å². The van der Waals surface area contributed by atoms with Gasteiger partial charge in [0, 0.05) is 17.8 Å². The Balaban J connectivity index is 1.38. The van der Waals surface area contributed by atoms with Crippen molar-refractivity contribution < 1.29 is 13.9 Å². The van der Waals surface area contributed by atoms with Gasteiger partial charge in [0.2, 0.25) is 0 Å². The highest BCUT2D eigenvalue weighted by Crippen LogP contribution is 2.42. The van der Waals surface area contributed by atoms with Crippen molar-refractivity contribution in [2.45, 2.75) is 30.4 Å². The smallest absolute Gasteiger partial charge is 0.314 e. The van der Waals surface area contributed by atoms with Gasteiger partial charge in [-0.05, 0) is 67.5 Å². The molecule has 2 amide bonds. The molecule has 0 aliphatic heterocycles. The molecule has 3 rings (SSSR count). The van der Waals surface area contributed by atoms with Crippen molar-refractivity contribution in [2.24, 2.45) is 0 Å². The quantitative estimate of drug-likeness (QED) is 0.686. The fourth-order valence-electron chi connectivity index (χ4n) is 3.01. The van der Waals surface area contributed by atoms with Crippen LogP contribution in [0.5, 0.6) is 11.5 Å². The lowest BCUT2D eigenvalue weighted by molar-refractivity contribution is 0.236. The zero-order valence-corrected chi connectivity index (χ0v) is 16.3. The van der Waals surface area contributed by atoms with Gasteiger partial charge in [-0.15, -0.1) is 0 Å². The zero-order valence-electron chi connectivity index (χ0n) is 15.5. The first kappa shape index (κ1) is 19.5. The van der Waals surface area contributed by atoms with Crippen LogP contribution in [-0.4, -0.2) is 30.1 Å². The van der Waals surface area contributed by atoms with E-state index in [1.807, 2.05) is 36.0 Å². The minimum absolute atomic E-state index is 0.105. The van der Waals surface area contributed by atoms with E-state index in [4.69, 9.17) is 4.74 Å². The maximum atomic E-state index is 12.9. The third-order valence-corrected chi connectivity index (χ3v) is 6.36. The predicted octanol–water partition coefficient (Wildman–Crippen LogP) is 4.75. The minimum atomic E-state index is -0.287. The first-order chi connectivity index (χ1) is 13.1. The molecule has 0 aromatic heterocycles. The fourth-order valence-corrected chi connectivity index (χ4v) is 3.92. The predicted molar refractivity (Wildman–Crippen MR) is 108 cm³/mol. The van der Waals surface area contributed by atoms with Crippen molar-refractivity contribution in [3.63, 3.8) is 0 Å². The minimum Gasteiger partial charge on any atom is -0.457 e. The molecule has 6 heteroatoms. The highest BCUT2D eigenvalue weighted by molar-refractivity contribution is 8.00. The van der Waals surface area contributed by atoms with Crippen LogP contribution in [0.15, 0.2) is 48.5 Å².